The second-order valence-corrected chi connectivity index (χ2v) is 9.52. The van der Waals surface area contributed by atoms with Crippen molar-refractivity contribution in [1.29, 1.82) is 0 Å². The van der Waals surface area contributed by atoms with Gasteiger partial charge in [0.15, 0.2) is 0 Å². The molecule has 252 valence electrons. The van der Waals surface area contributed by atoms with Gasteiger partial charge < -0.3 is 14.3 Å². The first kappa shape index (κ1) is 47.5. The van der Waals surface area contributed by atoms with Crippen molar-refractivity contribution < 1.29 is 38.4 Å². The second-order valence-electron chi connectivity index (χ2n) is 9.52. The fourth-order valence-corrected chi connectivity index (χ4v) is 3.50. The molecular weight excluding hydrogens is 560 g/mol. The average molecular weight is 621 g/mol. The molecule has 2 atom stereocenters. The Kier molecular flexibility index (Phi) is 42.7. The molecule has 0 amide bonds. The van der Waals surface area contributed by atoms with Gasteiger partial charge in [-0.25, -0.2) is 4.79 Å². The molecule has 0 N–H and O–H groups in total. The molecule has 0 aromatic heterocycles. The summed E-state index contributed by atoms with van der Waals surface area (Å²) in [5, 5.41) is 0. The second kappa shape index (κ2) is 39.6. The SMILES string of the molecule is C#C.C=CCC(=O)OC1CCCCC1.C=CCC(=O)OOC.CC.CCCCCCC(C)OC(=O)C/C=C\C=C/C(C)C=O. The van der Waals surface area contributed by atoms with Gasteiger partial charge in [0.25, 0.3) is 0 Å². The van der Waals surface area contributed by atoms with Gasteiger partial charge in [0.1, 0.15) is 12.4 Å². The summed E-state index contributed by atoms with van der Waals surface area (Å²) in [6, 6.07) is 0. The summed E-state index contributed by atoms with van der Waals surface area (Å²) in [7, 11) is 1.28. The molecule has 0 bridgehead atoms. The lowest BCUT2D eigenvalue weighted by Gasteiger charge is -2.21. The van der Waals surface area contributed by atoms with E-state index in [1.807, 2.05) is 27.7 Å². The lowest BCUT2D eigenvalue weighted by molar-refractivity contribution is -0.254. The van der Waals surface area contributed by atoms with Crippen LogP contribution in [0.25, 0.3) is 0 Å². The highest BCUT2D eigenvalue weighted by Crippen LogP contribution is 2.20. The fraction of sp³-hybridized carbons (Fsp3) is 0.611. The number of hydrogen-bond donors (Lipinski definition) is 0. The largest absolute Gasteiger partial charge is 0.462 e. The van der Waals surface area contributed by atoms with Gasteiger partial charge in [-0.05, 0) is 45.4 Å². The Bertz CT molecular complexity index is 791. The van der Waals surface area contributed by atoms with Crippen LogP contribution in [-0.4, -0.2) is 43.5 Å². The van der Waals surface area contributed by atoms with E-state index in [1.165, 1.54) is 51.7 Å². The van der Waals surface area contributed by atoms with Gasteiger partial charge in [0, 0.05) is 5.92 Å². The number of carbonyl (C=O) groups is 4. The van der Waals surface area contributed by atoms with Crippen LogP contribution in [0, 0.1) is 18.8 Å². The maximum Gasteiger partial charge on any atom is 0.346 e. The number of ether oxygens (including phenoxy) is 2. The molecule has 8 nitrogen and oxygen atoms in total. The molecule has 0 radical (unpaired) electrons. The van der Waals surface area contributed by atoms with Crippen LogP contribution in [0.1, 0.15) is 118 Å². The van der Waals surface area contributed by atoms with Crippen molar-refractivity contribution >= 4 is 24.2 Å². The van der Waals surface area contributed by atoms with Crippen LogP contribution in [0.5, 0.6) is 0 Å². The van der Waals surface area contributed by atoms with Crippen molar-refractivity contribution in [1.82, 2.24) is 0 Å². The Morgan fingerprint density at radius 1 is 0.864 bits per heavy atom. The number of unbranched alkanes of at least 4 members (excludes halogenated alkanes) is 3. The number of allylic oxidation sites excluding steroid dienone is 3. The summed E-state index contributed by atoms with van der Waals surface area (Å²) in [6.45, 7) is 16.8. The summed E-state index contributed by atoms with van der Waals surface area (Å²) in [5.74, 6) is -0.838. The van der Waals surface area contributed by atoms with Crippen LogP contribution in [0.4, 0.5) is 0 Å². The quantitative estimate of drug-likeness (QED) is 0.0233. The fourth-order valence-electron chi connectivity index (χ4n) is 3.50. The van der Waals surface area contributed by atoms with Crippen LogP contribution in [0.15, 0.2) is 49.6 Å². The zero-order chi connectivity index (χ0) is 34.4. The molecule has 1 fully saturated rings. The molecule has 0 saturated heterocycles. The predicted molar refractivity (Wildman–Crippen MR) is 179 cm³/mol. The molecule has 8 heteroatoms. The molecule has 44 heavy (non-hydrogen) atoms. The average Bonchev–Trinajstić information content (AvgIpc) is 3.02. The number of carbonyl (C=O) groups excluding carboxylic acids is 4. The minimum Gasteiger partial charge on any atom is -0.462 e. The highest BCUT2D eigenvalue weighted by atomic mass is 17.2. The smallest absolute Gasteiger partial charge is 0.346 e. The summed E-state index contributed by atoms with van der Waals surface area (Å²) in [6.07, 6.45) is 31.5. The van der Waals surface area contributed by atoms with E-state index in [1.54, 1.807) is 30.4 Å². The first-order chi connectivity index (χ1) is 21.2. The van der Waals surface area contributed by atoms with Crippen molar-refractivity contribution in [2.24, 2.45) is 5.92 Å². The number of aldehydes is 1. The number of hydrogen-bond acceptors (Lipinski definition) is 8. The molecule has 2 unspecified atom stereocenters. The van der Waals surface area contributed by atoms with Gasteiger partial charge in [0.05, 0.1) is 32.5 Å². The van der Waals surface area contributed by atoms with E-state index >= 15 is 0 Å². The predicted octanol–water partition coefficient (Wildman–Crippen LogP) is 8.61. The number of terminal acetylenes is 1. The third-order valence-electron chi connectivity index (χ3n) is 5.61. The maximum absolute atomic E-state index is 11.5. The molecule has 1 rings (SSSR count). The Hall–Kier alpha value is -3.44. The van der Waals surface area contributed by atoms with Crippen molar-refractivity contribution in [3.05, 3.63) is 49.6 Å². The monoisotopic (exact) mass is 620 g/mol. The first-order valence-corrected chi connectivity index (χ1v) is 15.7. The minimum atomic E-state index is -0.428. The van der Waals surface area contributed by atoms with Crippen LogP contribution >= 0.6 is 0 Å². The van der Waals surface area contributed by atoms with E-state index in [-0.39, 0.29) is 42.9 Å². The zero-order valence-electron chi connectivity index (χ0n) is 28.3. The van der Waals surface area contributed by atoms with Crippen LogP contribution in [0.2, 0.25) is 0 Å². The van der Waals surface area contributed by atoms with E-state index in [2.05, 4.69) is 42.7 Å². The van der Waals surface area contributed by atoms with Gasteiger partial charge in [0.2, 0.25) is 0 Å². The van der Waals surface area contributed by atoms with Gasteiger partial charge in [-0.3, -0.25) is 14.5 Å². The summed E-state index contributed by atoms with van der Waals surface area (Å²) in [5.41, 5.74) is 0. The van der Waals surface area contributed by atoms with E-state index in [4.69, 9.17) is 9.47 Å². The zero-order valence-corrected chi connectivity index (χ0v) is 28.3. The van der Waals surface area contributed by atoms with Crippen molar-refractivity contribution in [2.45, 2.75) is 130 Å². The molecule has 0 aromatic rings. The number of esters is 2. The summed E-state index contributed by atoms with van der Waals surface area (Å²) >= 11 is 0. The Balaban J connectivity index is -0.000000282. The lowest BCUT2D eigenvalue weighted by atomic mass is 9.98. The van der Waals surface area contributed by atoms with Crippen molar-refractivity contribution in [3.8, 4) is 12.8 Å². The molecule has 0 aliphatic heterocycles. The molecule has 1 saturated carbocycles. The molecule has 0 aromatic carbocycles. The van der Waals surface area contributed by atoms with Crippen LogP contribution in [-0.2, 0) is 38.4 Å². The normalized spacial score (nSPS) is 13.4. The minimum absolute atomic E-state index is 0.00150. The van der Waals surface area contributed by atoms with E-state index < -0.39 is 5.97 Å². The highest BCUT2D eigenvalue weighted by Gasteiger charge is 2.16. The van der Waals surface area contributed by atoms with Crippen molar-refractivity contribution in [2.75, 3.05) is 7.11 Å². The molecule has 1 aliphatic carbocycles. The van der Waals surface area contributed by atoms with Crippen LogP contribution < -0.4 is 0 Å². The standard InChI is InChI=1S/C17H28O3.C10H16O2.C5H8O3.C2H6.C2H2/c1-4-5-6-9-12-16(3)20-17(19)13-10-7-8-11-15(2)14-18;1-2-6-10(11)12-9-7-4-3-5-8-9;1-3-4-5(6)8-7-2;2*1-2/h7-8,10-11,14-16H,4-6,9,12-13H2,1-3H3;2,9H,1,3-8H2;3H,1,4H2,2H3;1-2H3;1-2H/b10-7-,11-8-;;;;. The maximum atomic E-state index is 11.5. The van der Waals surface area contributed by atoms with Crippen molar-refractivity contribution in [3.63, 3.8) is 0 Å². The van der Waals surface area contributed by atoms with E-state index in [0.717, 1.165) is 32.0 Å². The third kappa shape index (κ3) is 38.6. The Morgan fingerprint density at radius 2 is 1.45 bits per heavy atom. The summed E-state index contributed by atoms with van der Waals surface area (Å²) < 4.78 is 10.5. The topological polar surface area (TPSA) is 105 Å². The summed E-state index contributed by atoms with van der Waals surface area (Å²) in [4.78, 5) is 51.3. The molecular formula is C36H60O8. The molecule has 0 heterocycles. The van der Waals surface area contributed by atoms with Gasteiger partial charge >= 0.3 is 17.9 Å². The highest BCUT2D eigenvalue weighted by molar-refractivity contribution is 5.71. The van der Waals surface area contributed by atoms with Crippen LogP contribution in [0.3, 0.4) is 0 Å². The Labute approximate surface area is 268 Å². The van der Waals surface area contributed by atoms with E-state index in [0.29, 0.717) is 6.42 Å². The van der Waals surface area contributed by atoms with Gasteiger partial charge in [-0.15, -0.1) is 26.0 Å². The molecule has 1 aliphatic rings. The van der Waals surface area contributed by atoms with Gasteiger partial charge in [-0.1, -0.05) is 89.8 Å². The number of rotatable bonds is 17. The Morgan fingerprint density at radius 3 is 1.98 bits per heavy atom. The lowest BCUT2D eigenvalue weighted by Crippen LogP contribution is -2.20. The van der Waals surface area contributed by atoms with Gasteiger partial charge in [-0.2, -0.15) is 4.89 Å². The first-order valence-electron chi connectivity index (χ1n) is 15.7. The van der Waals surface area contributed by atoms with E-state index in [9.17, 15) is 19.2 Å². The molecule has 0 spiro atoms. The third-order valence-corrected chi connectivity index (χ3v) is 5.61.